The number of hydrogen-bond donors (Lipinski definition) is 0. The molecule has 0 aromatic heterocycles. The van der Waals surface area contributed by atoms with Gasteiger partial charge in [0.05, 0.1) is 0 Å². The smallest absolute Gasteiger partial charge is 0.303 e. The molecule has 0 N–H and O–H groups in total. The van der Waals surface area contributed by atoms with E-state index in [4.69, 9.17) is 24.5 Å². The molecule has 1 saturated heterocycles. The van der Waals surface area contributed by atoms with Crippen molar-refractivity contribution in [2.45, 2.75) is 62.4 Å². The molecule has 1 heterocycles. The number of nitrogens with zero attached hydrogens (tertiary/aromatic N) is 3. The van der Waals surface area contributed by atoms with Gasteiger partial charge in [-0.15, -0.1) is 0 Å². The summed E-state index contributed by atoms with van der Waals surface area (Å²) in [5, 5.41) is 3.73. The number of rotatable bonds is 7. The average molecular weight is 437 g/mol. The number of esters is 3. The van der Waals surface area contributed by atoms with Crippen molar-refractivity contribution < 1.29 is 33.3 Å². The zero-order valence-corrected chi connectivity index (χ0v) is 17.8. The predicted octanol–water partition coefficient (Wildman–Crippen LogP) is 2.92. The molecule has 0 unspecified atom stereocenters. The molecule has 1 fully saturated rings. The molecule has 1 aromatic carbocycles. The Balaban J connectivity index is 2.41. The maximum absolute atomic E-state index is 11.7. The normalized spacial score (nSPS) is 25.5. The summed E-state index contributed by atoms with van der Waals surface area (Å²) in [6, 6.07) is 6.48. The monoisotopic (exact) mass is 437 g/mol. The van der Waals surface area contributed by atoms with E-state index in [1.54, 1.807) is 0 Å². The van der Waals surface area contributed by atoms with Crippen LogP contribution in [0.4, 0.5) is 0 Å². The standard InChI is InChI=1S/C19H23N3O7S/c1-10-5-7-14(8-6-10)30-19-18(28-13(4)25)16(21-22-20)17(27-12(3)24)15(29-19)9-26-11(2)23/h5-8,15-19H,9H2,1-4H3/t15-,16+,17+,18-,19-/m1/s1. The van der Waals surface area contributed by atoms with Gasteiger partial charge in [0.15, 0.2) is 0 Å². The number of aryl methyl sites for hydroxylation is 1. The maximum Gasteiger partial charge on any atom is 0.303 e. The third-order valence-corrected chi connectivity index (χ3v) is 5.29. The average Bonchev–Trinajstić information content (AvgIpc) is 2.66. The summed E-state index contributed by atoms with van der Waals surface area (Å²) in [6.07, 6.45) is -3.08. The second kappa shape index (κ2) is 10.9. The Morgan fingerprint density at radius 1 is 1.07 bits per heavy atom. The van der Waals surface area contributed by atoms with Crippen molar-refractivity contribution in [3.8, 4) is 0 Å². The minimum atomic E-state index is -1.11. The van der Waals surface area contributed by atoms with E-state index < -0.39 is 47.7 Å². The van der Waals surface area contributed by atoms with Crippen LogP contribution in [-0.2, 0) is 33.3 Å². The van der Waals surface area contributed by atoms with Gasteiger partial charge in [-0.1, -0.05) is 34.6 Å². The SMILES string of the molecule is CC(=O)OC[C@H]1O[C@H](Sc2ccc(C)cc2)[C@H](OC(C)=O)[C@@H](N=[N+]=[N-])[C@H]1OC(C)=O. The van der Waals surface area contributed by atoms with Crippen molar-refractivity contribution >= 4 is 29.7 Å². The van der Waals surface area contributed by atoms with Crippen molar-refractivity contribution in [3.05, 3.63) is 40.3 Å². The molecule has 0 radical (unpaired) electrons. The molecule has 30 heavy (non-hydrogen) atoms. The summed E-state index contributed by atoms with van der Waals surface area (Å²) in [7, 11) is 0. The van der Waals surface area contributed by atoms with Gasteiger partial charge in [0.25, 0.3) is 0 Å². The summed E-state index contributed by atoms with van der Waals surface area (Å²) in [5.74, 6) is -1.82. The van der Waals surface area contributed by atoms with Crippen LogP contribution in [0.25, 0.3) is 10.4 Å². The first-order valence-corrected chi connectivity index (χ1v) is 10.00. The molecule has 0 amide bonds. The predicted molar refractivity (Wildman–Crippen MR) is 106 cm³/mol. The second-order valence-electron chi connectivity index (χ2n) is 6.62. The zero-order chi connectivity index (χ0) is 22.3. The molecule has 11 heteroatoms. The molecule has 2 rings (SSSR count). The van der Waals surface area contributed by atoms with Gasteiger partial charge in [0.2, 0.25) is 0 Å². The Morgan fingerprint density at radius 3 is 2.20 bits per heavy atom. The van der Waals surface area contributed by atoms with Crippen molar-refractivity contribution in [1.82, 2.24) is 0 Å². The molecule has 162 valence electrons. The van der Waals surface area contributed by atoms with Crippen LogP contribution in [0, 0.1) is 6.92 Å². The number of thioether (sulfide) groups is 1. The Labute approximate surface area is 177 Å². The van der Waals surface area contributed by atoms with E-state index in [0.29, 0.717) is 0 Å². The molecule has 1 aromatic rings. The lowest BCUT2D eigenvalue weighted by Gasteiger charge is -2.43. The van der Waals surface area contributed by atoms with Gasteiger partial charge >= 0.3 is 17.9 Å². The highest BCUT2D eigenvalue weighted by atomic mass is 32.2. The summed E-state index contributed by atoms with van der Waals surface area (Å²) in [5.41, 5.74) is 9.34. The van der Waals surface area contributed by atoms with Crippen LogP contribution in [0.1, 0.15) is 26.3 Å². The van der Waals surface area contributed by atoms with Crippen LogP contribution < -0.4 is 0 Å². The van der Waals surface area contributed by atoms with Gasteiger partial charge in [-0.05, 0) is 24.6 Å². The Hall–Kier alpha value is -2.75. The van der Waals surface area contributed by atoms with Crippen molar-refractivity contribution in [1.29, 1.82) is 0 Å². The molecule has 10 nitrogen and oxygen atoms in total. The highest BCUT2D eigenvalue weighted by molar-refractivity contribution is 7.99. The zero-order valence-electron chi connectivity index (χ0n) is 17.0. The lowest BCUT2D eigenvalue weighted by Crippen LogP contribution is -2.59. The highest BCUT2D eigenvalue weighted by Crippen LogP contribution is 2.37. The fraction of sp³-hybridized carbons (Fsp3) is 0.526. The molecule has 1 aliphatic rings. The molecule has 0 spiro atoms. The van der Waals surface area contributed by atoms with Crippen molar-refractivity contribution in [3.63, 3.8) is 0 Å². The number of carbonyl (C=O) groups excluding carboxylic acids is 3. The fourth-order valence-corrected chi connectivity index (χ4v) is 4.03. The number of hydrogen-bond acceptors (Lipinski definition) is 9. The van der Waals surface area contributed by atoms with E-state index in [1.807, 2.05) is 31.2 Å². The minimum absolute atomic E-state index is 0.234. The minimum Gasteiger partial charge on any atom is -0.463 e. The summed E-state index contributed by atoms with van der Waals surface area (Å²) >= 11 is 1.25. The summed E-state index contributed by atoms with van der Waals surface area (Å²) in [6.45, 7) is 5.34. The van der Waals surface area contributed by atoms with Crippen LogP contribution in [0.2, 0.25) is 0 Å². The van der Waals surface area contributed by atoms with Crippen LogP contribution in [0.3, 0.4) is 0 Å². The number of ether oxygens (including phenoxy) is 4. The van der Waals surface area contributed by atoms with Gasteiger partial charge < -0.3 is 18.9 Å². The number of carbonyl (C=O) groups is 3. The Morgan fingerprint density at radius 2 is 1.67 bits per heavy atom. The first-order chi connectivity index (χ1) is 14.2. The molecule has 0 bridgehead atoms. The van der Waals surface area contributed by atoms with Gasteiger partial charge in [0, 0.05) is 30.6 Å². The van der Waals surface area contributed by atoms with E-state index >= 15 is 0 Å². The topological polar surface area (TPSA) is 137 Å². The molecule has 0 saturated carbocycles. The highest BCUT2D eigenvalue weighted by Gasteiger charge is 2.50. The molecule has 5 atom stereocenters. The summed E-state index contributed by atoms with van der Waals surface area (Å²) < 4.78 is 21.8. The Kier molecular flexibility index (Phi) is 8.52. The van der Waals surface area contributed by atoms with E-state index in [2.05, 4.69) is 10.0 Å². The van der Waals surface area contributed by atoms with Gasteiger partial charge in [-0.25, -0.2) is 0 Å². The second-order valence-corrected chi connectivity index (χ2v) is 7.79. The molecule has 0 aliphatic carbocycles. The third kappa shape index (κ3) is 6.65. The van der Waals surface area contributed by atoms with E-state index in [-0.39, 0.29) is 6.61 Å². The first kappa shape index (κ1) is 23.5. The molecule has 1 aliphatic heterocycles. The van der Waals surface area contributed by atoms with Crippen LogP contribution in [0.15, 0.2) is 34.3 Å². The van der Waals surface area contributed by atoms with Gasteiger partial charge in [-0.3, -0.25) is 14.4 Å². The number of azide groups is 1. The van der Waals surface area contributed by atoms with Crippen molar-refractivity contribution in [2.75, 3.05) is 6.61 Å². The molecular weight excluding hydrogens is 414 g/mol. The van der Waals surface area contributed by atoms with Crippen molar-refractivity contribution in [2.24, 2.45) is 5.11 Å². The fourth-order valence-electron chi connectivity index (χ4n) is 2.92. The third-order valence-electron chi connectivity index (χ3n) is 4.13. The number of benzene rings is 1. The van der Waals surface area contributed by atoms with E-state index in [9.17, 15) is 14.4 Å². The van der Waals surface area contributed by atoms with Gasteiger partial charge in [0.1, 0.15) is 36.4 Å². The maximum atomic E-state index is 11.7. The first-order valence-electron chi connectivity index (χ1n) is 9.12. The van der Waals surface area contributed by atoms with Crippen LogP contribution in [0.5, 0.6) is 0 Å². The van der Waals surface area contributed by atoms with Crippen LogP contribution in [-0.4, -0.2) is 54.3 Å². The van der Waals surface area contributed by atoms with Gasteiger partial charge in [-0.2, -0.15) is 0 Å². The van der Waals surface area contributed by atoms with E-state index in [0.717, 1.165) is 10.5 Å². The summed E-state index contributed by atoms with van der Waals surface area (Å²) in [4.78, 5) is 38.3. The lowest BCUT2D eigenvalue weighted by molar-refractivity contribution is -0.201. The molecular formula is C19H23N3O7S. The lowest BCUT2D eigenvalue weighted by atomic mass is 9.97. The van der Waals surface area contributed by atoms with E-state index in [1.165, 1.54) is 32.5 Å². The quantitative estimate of drug-likeness (QED) is 0.209. The Bertz CT molecular complexity index is 826. The van der Waals surface area contributed by atoms with Crippen LogP contribution >= 0.6 is 11.8 Å². The largest absolute Gasteiger partial charge is 0.463 e.